The monoisotopic (exact) mass is 439 g/mol. The Morgan fingerprint density at radius 2 is 1.93 bits per heavy atom. The van der Waals surface area contributed by atoms with Crippen LogP contribution in [0.15, 0.2) is 59.7 Å². The van der Waals surface area contributed by atoms with Crippen LogP contribution in [0.3, 0.4) is 0 Å². The summed E-state index contributed by atoms with van der Waals surface area (Å²) >= 11 is 12.1. The molecule has 0 spiro atoms. The summed E-state index contributed by atoms with van der Waals surface area (Å²) in [5, 5.41) is 10.5. The highest BCUT2D eigenvalue weighted by Gasteiger charge is 2.26. The van der Waals surface area contributed by atoms with Crippen molar-refractivity contribution in [3.63, 3.8) is 0 Å². The maximum absolute atomic E-state index is 12.8. The van der Waals surface area contributed by atoms with Gasteiger partial charge in [-0.25, -0.2) is 0 Å². The van der Waals surface area contributed by atoms with Gasteiger partial charge in [0.2, 0.25) is 0 Å². The normalized spacial score (nSPS) is 15.7. The Kier molecular flexibility index (Phi) is 4.89. The number of benzene rings is 1. The van der Waals surface area contributed by atoms with E-state index in [1.54, 1.807) is 22.8 Å². The minimum Gasteiger partial charge on any atom is -0.389 e. The average Bonchev–Trinajstić information content (AvgIpc) is 3.13. The lowest BCUT2D eigenvalue weighted by Crippen LogP contribution is -2.50. The van der Waals surface area contributed by atoms with E-state index in [1.165, 1.54) is 0 Å². The van der Waals surface area contributed by atoms with E-state index in [1.807, 2.05) is 24.5 Å². The average molecular weight is 440 g/mol. The standard InChI is InChI=1S/C23H19Cl2N3O2/c24-20-3-1-14(7-21(20)25)11-27-6-5-15(8-23(27)30)18-2-4-22-19(18)9-16(10-26-22)28-12-17(29)13-28/h1-3,5-10,17,29H,4,11-13H2. The minimum absolute atomic E-state index is 0.0806. The number of rotatable bonds is 4. The molecule has 1 aliphatic heterocycles. The number of nitrogens with zero attached hydrogens (tertiary/aromatic N) is 3. The molecule has 1 aromatic carbocycles. The molecule has 5 nitrogen and oxygen atoms in total. The van der Waals surface area contributed by atoms with Crippen LogP contribution in [0.5, 0.6) is 0 Å². The van der Waals surface area contributed by atoms with E-state index in [-0.39, 0.29) is 11.7 Å². The van der Waals surface area contributed by atoms with Crippen molar-refractivity contribution in [3.05, 3.63) is 97.7 Å². The van der Waals surface area contributed by atoms with Gasteiger partial charge in [0.05, 0.1) is 40.3 Å². The van der Waals surface area contributed by atoms with E-state index < -0.39 is 0 Å². The topological polar surface area (TPSA) is 58.4 Å². The molecule has 2 aromatic heterocycles. The highest BCUT2D eigenvalue weighted by molar-refractivity contribution is 6.42. The Hall–Kier alpha value is -2.60. The summed E-state index contributed by atoms with van der Waals surface area (Å²) in [5.74, 6) is 0. The summed E-state index contributed by atoms with van der Waals surface area (Å²) in [7, 11) is 0. The van der Waals surface area contributed by atoms with Gasteiger partial charge in [0, 0.05) is 37.3 Å². The molecule has 1 saturated heterocycles. The third kappa shape index (κ3) is 3.54. The van der Waals surface area contributed by atoms with Gasteiger partial charge in [0.15, 0.2) is 0 Å². The Morgan fingerprint density at radius 1 is 1.10 bits per heavy atom. The Morgan fingerprint density at radius 3 is 2.67 bits per heavy atom. The number of pyridine rings is 2. The van der Waals surface area contributed by atoms with E-state index in [9.17, 15) is 9.90 Å². The first-order chi connectivity index (χ1) is 14.5. The number of aliphatic hydroxyl groups is 1. The van der Waals surface area contributed by atoms with Crippen LogP contribution in [0, 0.1) is 0 Å². The maximum Gasteiger partial charge on any atom is 0.251 e. The molecular formula is C23H19Cl2N3O2. The lowest BCUT2D eigenvalue weighted by atomic mass is 10.0. The van der Waals surface area contributed by atoms with E-state index in [4.69, 9.17) is 23.2 Å². The largest absolute Gasteiger partial charge is 0.389 e. The van der Waals surface area contributed by atoms with Crippen LogP contribution in [0.25, 0.3) is 5.57 Å². The van der Waals surface area contributed by atoms with Crippen molar-refractivity contribution in [3.8, 4) is 0 Å². The lowest BCUT2D eigenvalue weighted by molar-refractivity contribution is 0.142. The van der Waals surface area contributed by atoms with Gasteiger partial charge in [-0.3, -0.25) is 9.78 Å². The molecule has 30 heavy (non-hydrogen) atoms. The minimum atomic E-state index is -0.267. The van der Waals surface area contributed by atoms with Gasteiger partial charge < -0.3 is 14.6 Å². The molecule has 1 aliphatic carbocycles. The number of aliphatic hydroxyl groups excluding tert-OH is 1. The van der Waals surface area contributed by atoms with Crippen molar-refractivity contribution in [1.82, 2.24) is 9.55 Å². The van der Waals surface area contributed by atoms with Crippen molar-refractivity contribution in [2.45, 2.75) is 19.1 Å². The van der Waals surface area contributed by atoms with Gasteiger partial charge in [0.25, 0.3) is 5.56 Å². The van der Waals surface area contributed by atoms with Crippen molar-refractivity contribution in [2.75, 3.05) is 18.0 Å². The second kappa shape index (κ2) is 7.58. The fraction of sp³-hybridized carbons (Fsp3) is 0.217. The number of hydrogen-bond donors (Lipinski definition) is 1. The molecule has 3 heterocycles. The number of allylic oxidation sites excluding steroid dienone is 1. The molecule has 5 rings (SSSR count). The fourth-order valence-corrected chi connectivity index (χ4v) is 4.26. The van der Waals surface area contributed by atoms with E-state index in [0.29, 0.717) is 29.7 Å². The highest BCUT2D eigenvalue weighted by Crippen LogP contribution is 2.34. The molecule has 7 heteroatoms. The quantitative estimate of drug-likeness (QED) is 0.671. The number of aromatic nitrogens is 2. The van der Waals surface area contributed by atoms with Crippen molar-refractivity contribution in [2.24, 2.45) is 0 Å². The van der Waals surface area contributed by atoms with Crippen molar-refractivity contribution >= 4 is 34.5 Å². The van der Waals surface area contributed by atoms with Crippen molar-refractivity contribution < 1.29 is 5.11 Å². The van der Waals surface area contributed by atoms with Crippen LogP contribution in [0.2, 0.25) is 10.0 Å². The number of β-amino-alcohol motifs (C(OH)–C–C–N with tert-alkyl or cyclic N) is 1. The molecule has 152 valence electrons. The zero-order valence-corrected chi connectivity index (χ0v) is 17.6. The second-order valence-electron chi connectivity index (χ2n) is 7.70. The SMILES string of the molecule is O=c1cc(C2=CCc3ncc(N4CC(O)C4)cc32)ccn1Cc1ccc(Cl)c(Cl)c1. The van der Waals surface area contributed by atoms with E-state index >= 15 is 0 Å². The van der Waals surface area contributed by atoms with Crippen LogP contribution in [-0.2, 0) is 13.0 Å². The molecular weight excluding hydrogens is 421 g/mol. The molecule has 1 fully saturated rings. The number of fused-ring (bicyclic) bond motifs is 1. The number of hydrogen-bond acceptors (Lipinski definition) is 4. The maximum atomic E-state index is 12.8. The first kappa shape index (κ1) is 19.4. The first-order valence-electron chi connectivity index (χ1n) is 9.75. The molecule has 0 unspecified atom stereocenters. The summed E-state index contributed by atoms with van der Waals surface area (Å²) in [6.45, 7) is 1.68. The number of anilines is 1. The summed E-state index contributed by atoms with van der Waals surface area (Å²) < 4.78 is 1.65. The van der Waals surface area contributed by atoms with Crippen LogP contribution in [-0.4, -0.2) is 33.9 Å². The molecule has 0 bridgehead atoms. The Balaban J connectivity index is 1.41. The lowest BCUT2D eigenvalue weighted by Gasteiger charge is -2.37. The summed E-state index contributed by atoms with van der Waals surface area (Å²) in [6, 6.07) is 11.1. The van der Waals surface area contributed by atoms with Gasteiger partial charge in [-0.05, 0) is 41.0 Å². The smallest absolute Gasteiger partial charge is 0.251 e. The van der Waals surface area contributed by atoms with Gasteiger partial charge in [-0.2, -0.15) is 0 Å². The molecule has 0 radical (unpaired) electrons. The predicted molar refractivity (Wildman–Crippen MR) is 120 cm³/mol. The van der Waals surface area contributed by atoms with Crippen LogP contribution >= 0.6 is 23.2 Å². The zero-order valence-electron chi connectivity index (χ0n) is 16.1. The van der Waals surface area contributed by atoms with Crippen molar-refractivity contribution in [1.29, 1.82) is 0 Å². The molecule has 1 N–H and O–H groups in total. The Labute approximate surface area is 183 Å². The molecule has 0 saturated carbocycles. The van der Waals surface area contributed by atoms with Gasteiger partial charge in [-0.15, -0.1) is 0 Å². The second-order valence-corrected chi connectivity index (χ2v) is 8.51. The molecule has 3 aromatic rings. The van der Waals surface area contributed by atoms with E-state index in [2.05, 4.69) is 22.0 Å². The van der Waals surface area contributed by atoms with Crippen LogP contribution < -0.4 is 10.5 Å². The van der Waals surface area contributed by atoms with Gasteiger partial charge in [-0.1, -0.05) is 35.3 Å². The fourth-order valence-electron chi connectivity index (χ4n) is 3.94. The van der Waals surface area contributed by atoms with Crippen LogP contribution in [0.1, 0.15) is 22.4 Å². The van der Waals surface area contributed by atoms with Gasteiger partial charge in [0.1, 0.15) is 0 Å². The molecule has 0 amide bonds. The highest BCUT2D eigenvalue weighted by atomic mass is 35.5. The molecule has 0 atom stereocenters. The van der Waals surface area contributed by atoms with Crippen LogP contribution in [0.4, 0.5) is 5.69 Å². The summed E-state index contributed by atoms with van der Waals surface area (Å²) in [6.07, 6.45) is 6.26. The summed E-state index contributed by atoms with van der Waals surface area (Å²) in [5.41, 5.74) is 5.80. The third-order valence-corrected chi connectivity index (χ3v) is 6.36. The molecule has 2 aliphatic rings. The van der Waals surface area contributed by atoms with Gasteiger partial charge >= 0.3 is 0 Å². The zero-order chi connectivity index (χ0) is 20.8. The number of halogens is 2. The Bertz CT molecular complexity index is 1230. The first-order valence-corrected chi connectivity index (χ1v) is 10.5. The van der Waals surface area contributed by atoms with E-state index in [0.717, 1.165) is 40.1 Å². The predicted octanol–water partition coefficient (Wildman–Crippen LogP) is 3.77. The third-order valence-electron chi connectivity index (χ3n) is 5.62. The summed E-state index contributed by atoms with van der Waals surface area (Å²) in [4.78, 5) is 19.4.